The summed E-state index contributed by atoms with van der Waals surface area (Å²) in [5.41, 5.74) is 0.822. The maximum absolute atomic E-state index is 13.0. The Balaban J connectivity index is 1.53. The molecule has 34 heavy (non-hydrogen) atoms. The summed E-state index contributed by atoms with van der Waals surface area (Å²) in [4.78, 5) is 48.6. The van der Waals surface area contributed by atoms with E-state index < -0.39 is 28.7 Å². The predicted molar refractivity (Wildman–Crippen MR) is 121 cm³/mol. The van der Waals surface area contributed by atoms with Crippen molar-refractivity contribution in [3.63, 3.8) is 0 Å². The second kappa shape index (κ2) is 9.38. The van der Waals surface area contributed by atoms with Crippen molar-refractivity contribution in [3.8, 4) is 5.75 Å². The number of carboxylic acid groups (broad SMARTS) is 1. The van der Waals surface area contributed by atoms with Gasteiger partial charge in [0.25, 0.3) is 17.5 Å². The number of anilines is 1. The Kier molecular flexibility index (Phi) is 6.35. The lowest BCUT2D eigenvalue weighted by atomic mass is 10.1. The third-order valence-electron chi connectivity index (χ3n) is 5.79. The van der Waals surface area contributed by atoms with E-state index in [9.17, 15) is 24.5 Å². The van der Waals surface area contributed by atoms with Crippen LogP contribution in [-0.2, 0) is 0 Å². The van der Waals surface area contributed by atoms with E-state index in [0.29, 0.717) is 29.8 Å². The number of carbonyl (C=O) groups excluding carboxylic acids is 2. The van der Waals surface area contributed by atoms with Crippen LogP contribution < -0.4 is 15.4 Å². The van der Waals surface area contributed by atoms with Gasteiger partial charge in [0.1, 0.15) is 17.4 Å². The smallest absolute Gasteiger partial charge is 0.407 e. The van der Waals surface area contributed by atoms with E-state index in [1.54, 1.807) is 19.1 Å². The topological polar surface area (TPSA) is 151 Å². The summed E-state index contributed by atoms with van der Waals surface area (Å²) in [6, 6.07) is 8.90. The van der Waals surface area contributed by atoms with Gasteiger partial charge in [-0.05, 0) is 49.6 Å². The number of nitrogens with one attached hydrogen (secondary N) is 2. The monoisotopic (exact) mass is 468 g/mol. The SMILES string of the molecule is Cc1ccc(C(=O)NC2CC2)cc1NC(=O)c1cc(O[C@H]2CCN(C(=O)O)C2)ccc1[N+](=O)[O-]. The van der Waals surface area contributed by atoms with Gasteiger partial charge < -0.3 is 25.4 Å². The zero-order chi connectivity index (χ0) is 24.4. The van der Waals surface area contributed by atoms with Crippen LogP contribution in [0.3, 0.4) is 0 Å². The number of rotatable bonds is 7. The molecule has 1 aliphatic heterocycles. The normalized spacial score (nSPS) is 17.2. The number of aryl methyl sites for hydroxylation is 1. The summed E-state index contributed by atoms with van der Waals surface area (Å²) >= 11 is 0. The highest BCUT2D eigenvalue weighted by Crippen LogP contribution is 2.28. The number of amides is 3. The minimum atomic E-state index is -1.04. The van der Waals surface area contributed by atoms with Gasteiger partial charge in [-0.25, -0.2) is 4.79 Å². The van der Waals surface area contributed by atoms with Crippen molar-refractivity contribution in [1.82, 2.24) is 10.2 Å². The maximum atomic E-state index is 13.0. The van der Waals surface area contributed by atoms with Crippen molar-refractivity contribution in [1.29, 1.82) is 0 Å². The Bertz CT molecular complexity index is 1160. The van der Waals surface area contributed by atoms with Gasteiger partial charge in [-0.2, -0.15) is 0 Å². The highest BCUT2D eigenvalue weighted by atomic mass is 16.6. The Labute approximate surface area is 194 Å². The van der Waals surface area contributed by atoms with E-state index in [4.69, 9.17) is 9.84 Å². The second-order valence-electron chi connectivity index (χ2n) is 8.42. The molecule has 0 aromatic heterocycles. The van der Waals surface area contributed by atoms with Crippen LogP contribution in [0.15, 0.2) is 36.4 Å². The van der Waals surface area contributed by atoms with Crippen LogP contribution in [0.2, 0.25) is 0 Å². The average molecular weight is 468 g/mol. The van der Waals surface area contributed by atoms with Crippen LogP contribution in [0.1, 0.15) is 45.5 Å². The molecule has 178 valence electrons. The van der Waals surface area contributed by atoms with E-state index in [1.165, 1.54) is 29.2 Å². The van der Waals surface area contributed by atoms with Gasteiger partial charge in [0, 0.05) is 36.3 Å². The van der Waals surface area contributed by atoms with Crippen molar-refractivity contribution in [2.75, 3.05) is 18.4 Å². The number of nitrogens with zero attached hydrogens (tertiary/aromatic N) is 2. The van der Waals surface area contributed by atoms with Crippen molar-refractivity contribution >= 4 is 29.3 Å². The third-order valence-corrected chi connectivity index (χ3v) is 5.79. The molecule has 2 fully saturated rings. The van der Waals surface area contributed by atoms with Crippen molar-refractivity contribution in [2.24, 2.45) is 0 Å². The van der Waals surface area contributed by atoms with E-state index in [-0.39, 0.29) is 29.8 Å². The van der Waals surface area contributed by atoms with Crippen molar-refractivity contribution < 1.29 is 29.2 Å². The molecule has 0 bridgehead atoms. The van der Waals surface area contributed by atoms with Crippen LogP contribution in [0.25, 0.3) is 0 Å². The Morgan fingerprint density at radius 1 is 1.12 bits per heavy atom. The number of hydrogen-bond donors (Lipinski definition) is 3. The van der Waals surface area contributed by atoms with Gasteiger partial charge >= 0.3 is 6.09 Å². The summed E-state index contributed by atoms with van der Waals surface area (Å²) in [7, 11) is 0. The van der Waals surface area contributed by atoms with Crippen LogP contribution in [0, 0.1) is 17.0 Å². The average Bonchev–Trinajstić information content (AvgIpc) is 3.48. The van der Waals surface area contributed by atoms with Gasteiger partial charge in [-0.15, -0.1) is 0 Å². The zero-order valence-electron chi connectivity index (χ0n) is 18.4. The molecule has 0 spiro atoms. The molecule has 2 aromatic rings. The van der Waals surface area contributed by atoms with E-state index in [2.05, 4.69) is 10.6 Å². The summed E-state index contributed by atoms with van der Waals surface area (Å²) in [5, 5.41) is 26.2. The number of carbonyl (C=O) groups is 3. The highest BCUT2D eigenvalue weighted by molar-refractivity contribution is 6.08. The highest BCUT2D eigenvalue weighted by Gasteiger charge is 2.29. The van der Waals surface area contributed by atoms with Crippen LogP contribution in [0.4, 0.5) is 16.2 Å². The fourth-order valence-electron chi connectivity index (χ4n) is 3.70. The number of ether oxygens (including phenoxy) is 1. The predicted octanol–water partition coefficient (Wildman–Crippen LogP) is 3.18. The Morgan fingerprint density at radius 2 is 1.88 bits per heavy atom. The molecular formula is C23H24N4O7. The molecule has 4 rings (SSSR count). The van der Waals surface area contributed by atoms with Gasteiger partial charge in [-0.1, -0.05) is 6.07 Å². The minimum absolute atomic E-state index is 0.169. The van der Waals surface area contributed by atoms with Crippen LogP contribution >= 0.6 is 0 Å². The summed E-state index contributed by atoms with van der Waals surface area (Å²) < 4.78 is 5.79. The molecule has 1 aliphatic carbocycles. The van der Waals surface area contributed by atoms with Crippen LogP contribution in [0.5, 0.6) is 5.75 Å². The van der Waals surface area contributed by atoms with E-state index in [1.807, 2.05) is 0 Å². The van der Waals surface area contributed by atoms with Gasteiger partial charge in [0.05, 0.1) is 11.5 Å². The Morgan fingerprint density at radius 3 is 2.53 bits per heavy atom. The lowest BCUT2D eigenvalue weighted by molar-refractivity contribution is -0.385. The number of benzene rings is 2. The molecule has 3 N–H and O–H groups in total. The van der Waals surface area contributed by atoms with E-state index in [0.717, 1.165) is 12.8 Å². The number of hydrogen-bond acceptors (Lipinski definition) is 6. The fraction of sp³-hybridized carbons (Fsp3) is 0.348. The quantitative estimate of drug-likeness (QED) is 0.417. The lowest BCUT2D eigenvalue weighted by Crippen LogP contribution is -2.29. The summed E-state index contributed by atoms with van der Waals surface area (Å²) in [6.07, 6.45) is 0.895. The van der Waals surface area contributed by atoms with Gasteiger partial charge in [0.2, 0.25) is 0 Å². The largest absolute Gasteiger partial charge is 0.488 e. The first kappa shape index (κ1) is 23.0. The van der Waals surface area contributed by atoms with Crippen molar-refractivity contribution in [2.45, 2.75) is 38.3 Å². The number of nitro groups is 1. The molecule has 1 saturated carbocycles. The van der Waals surface area contributed by atoms with Gasteiger partial charge in [0.15, 0.2) is 0 Å². The standard InChI is InChI=1S/C23H24N4O7/c1-13-2-3-14(21(28)24-15-4-5-15)10-19(13)25-22(29)18-11-16(6-7-20(18)27(32)33)34-17-8-9-26(12-17)23(30)31/h2-3,6-7,10-11,15,17H,4-5,8-9,12H2,1H3,(H,24,28)(H,25,29)(H,30,31)/t17-/m0/s1. The molecule has 11 nitrogen and oxygen atoms in total. The Hall–Kier alpha value is -4.15. The lowest BCUT2D eigenvalue weighted by Gasteiger charge is -2.15. The first-order valence-corrected chi connectivity index (χ1v) is 10.9. The maximum Gasteiger partial charge on any atom is 0.407 e. The number of likely N-dealkylation sites (tertiary alicyclic amines) is 1. The third kappa shape index (κ3) is 5.25. The fourth-order valence-corrected chi connectivity index (χ4v) is 3.70. The first-order chi connectivity index (χ1) is 16.2. The molecule has 0 unspecified atom stereocenters. The minimum Gasteiger partial charge on any atom is -0.488 e. The van der Waals surface area contributed by atoms with E-state index >= 15 is 0 Å². The first-order valence-electron chi connectivity index (χ1n) is 10.9. The zero-order valence-corrected chi connectivity index (χ0v) is 18.4. The molecule has 1 saturated heterocycles. The summed E-state index contributed by atoms with van der Waals surface area (Å²) in [5.74, 6) is -0.743. The van der Waals surface area contributed by atoms with Crippen LogP contribution in [-0.4, -0.2) is 58.1 Å². The summed E-state index contributed by atoms with van der Waals surface area (Å²) in [6.45, 7) is 2.24. The molecule has 0 radical (unpaired) electrons. The number of nitro benzene ring substituents is 1. The molecular weight excluding hydrogens is 444 g/mol. The molecule has 1 atom stereocenters. The molecule has 2 aliphatic rings. The van der Waals surface area contributed by atoms with Crippen molar-refractivity contribution in [3.05, 3.63) is 63.2 Å². The molecule has 11 heteroatoms. The molecule has 1 heterocycles. The second-order valence-corrected chi connectivity index (χ2v) is 8.42. The molecule has 3 amide bonds. The molecule has 2 aromatic carbocycles. The van der Waals surface area contributed by atoms with Gasteiger partial charge in [-0.3, -0.25) is 19.7 Å².